The number of non-ortho nitro benzene ring substituents is 1. The average molecular weight is 234 g/mol. The summed E-state index contributed by atoms with van der Waals surface area (Å²) in [5.74, 6) is 6.12. The van der Waals surface area contributed by atoms with E-state index >= 15 is 0 Å². The van der Waals surface area contributed by atoms with E-state index in [0.29, 0.717) is 12.3 Å². The Labute approximate surface area is 99.9 Å². The fraction of sp³-hybridized carbons (Fsp3) is 0.333. The van der Waals surface area contributed by atoms with Crippen LogP contribution in [0.5, 0.6) is 5.75 Å². The van der Waals surface area contributed by atoms with Crippen molar-refractivity contribution in [3.8, 4) is 17.6 Å². The Morgan fingerprint density at radius 3 is 2.88 bits per heavy atom. The van der Waals surface area contributed by atoms with Gasteiger partial charge in [-0.25, -0.2) is 0 Å². The van der Waals surface area contributed by atoms with Gasteiger partial charge in [0.05, 0.1) is 4.92 Å². The van der Waals surface area contributed by atoms with Crippen molar-refractivity contribution in [1.82, 2.24) is 5.32 Å². The predicted molar refractivity (Wildman–Crippen MR) is 64.8 cm³/mol. The third-order valence-corrected chi connectivity index (χ3v) is 2.10. The van der Waals surface area contributed by atoms with Crippen molar-refractivity contribution < 1.29 is 9.66 Å². The molecule has 1 rings (SSSR count). The van der Waals surface area contributed by atoms with Gasteiger partial charge in [0.1, 0.15) is 12.4 Å². The number of nitro benzene ring substituents is 1. The SMILES string of the molecule is CC#CCOc1ccc([N+](=O)[O-])cc1CNC. The van der Waals surface area contributed by atoms with Crippen LogP contribution in [-0.4, -0.2) is 18.6 Å². The van der Waals surface area contributed by atoms with Crippen molar-refractivity contribution in [2.75, 3.05) is 13.7 Å². The lowest BCUT2D eigenvalue weighted by atomic mass is 10.2. The molecule has 17 heavy (non-hydrogen) atoms. The second-order valence-electron chi connectivity index (χ2n) is 3.29. The molecule has 1 aromatic rings. The van der Waals surface area contributed by atoms with Gasteiger partial charge in [-0.15, -0.1) is 5.92 Å². The fourth-order valence-corrected chi connectivity index (χ4v) is 1.33. The van der Waals surface area contributed by atoms with Crippen molar-refractivity contribution in [3.63, 3.8) is 0 Å². The third-order valence-electron chi connectivity index (χ3n) is 2.10. The van der Waals surface area contributed by atoms with E-state index in [4.69, 9.17) is 4.74 Å². The van der Waals surface area contributed by atoms with E-state index in [0.717, 1.165) is 5.56 Å². The Hall–Kier alpha value is -2.06. The van der Waals surface area contributed by atoms with Gasteiger partial charge in [-0.05, 0) is 20.0 Å². The maximum atomic E-state index is 10.7. The van der Waals surface area contributed by atoms with Crippen LogP contribution in [0.25, 0.3) is 0 Å². The monoisotopic (exact) mass is 234 g/mol. The lowest BCUT2D eigenvalue weighted by Gasteiger charge is -2.08. The number of nitro groups is 1. The van der Waals surface area contributed by atoms with E-state index in [1.807, 2.05) is 0 Å². The highest BCUT2D eigenvalue weighted by atomic mass is 16.6. The van der Waals surface area contributed by atoms with Gasteiger partial charge in [0, 0.05) is 24.2 Å². The first-order chi connectivity index (χ1) is 8.19. The lowest BCUT2D eigenvalue weighted by molar-refractivity contribution is -0.384. The molecule has 0 aromatic heterocycles. The molecule has 0 saturated carbocycles. The Kier molecular flexibility index (Phi) is 4.98. The minimum absolute atomic E-state index is 0.0594. The summed E-state index contributed by atoms with van der Waals surface area (Å²) in [6.07, 6.45) is 0. The van der Waals surface area contributed by atoms with E-state index in [-0.39, 0.29) is 12.3 Å². The summed E-state index contributed by atoms with van der Waals surface area (Å²) in [5, 5.41) is 13.6. The molecule has 0 atom stereocenters. The van der Waals surface area contributed by atoms with Crippen LogP contribution in [0.15, 0.2) is 18.2 Å². The Morgan fingerprint density at radius 1 is 1.53 bits per heavy atom. The van der Waals surface area contributed by atoms with Gasteiger partial charge < -0.3 is 10.1 Å². The Morgan fingerprint density at radius 2 is 2.29 bits per heavy atom. The summed E-state index contributed by atoms with van der Waals surface area (Å²) < 4.78 is 5.43. The van der Waals surface area contributed by atoms with Crippen LogP contribution in [0.3, 0.4) is 0 Å². The normalized spacial score (nSPS) is 9.29. The maximum absolute atomic E-state index is 10.7. The molecule has 0 amide bonds. The highest BCUT2D eigenvalue weighted by Crippen LogP contribution is 2.24. The highest BCUT2D eigenvalue weighted by Gasteiger charge is 2.10. The van der Waals surface area contributed by atoms with Crippen molar-refractivity contribution in [3.05, 3.63) is 33.9 Å². The number of benzene rings is 1. The van der Waals surface area contributed by atoms with Crippen LogP contribution in [0, 0.1) is 22.0 Å². The summed E-state index contributed by atoms with van der Waals surface area (Å²) >= 11 is 0. The molecule has 0 spiro atoms. The molecule has 0 saturated heterocycles. The predicted octanol–water partition coefficient (Wildman–Crippen LogP) is 1.72. The van der Waals surface area contributed by atoms with Crippen molar-refractivity contribution in [2.45, 2.75) is 13.5 Å². The molecule has 0 heterocycles. The molecule has 0 unspecified atom stereocenters. The maximum Gasteiger partial charge on any atom is 0.270 e. The zero-order valence-electron chi connectivity index (χ0n) is 9.82. The molecule has 0 aliphatic carbocycles. The second-order valence-corrected chi connectivity index (χ2v) is 3.29. The summed E-state index contributed by atoms with van der Waals surface area (Å²) in [6.45, 7) is 2.52. The van der Waals surface area contributed by atoms with Gasteiger partial charge in [-0.2, -0.15) is 0 Å². The Balaban J connectivity index is 2.93. The van der Waals surface area contributed by atoms with Crippen molar-refractivity contribution in [2.24, 2.45) is 0 Å². The summed E-state index contributed by atoms with van der Waals surface area (Å²) in [7, 11) is 1.77. The number of nitrogens with one attached hydrogen (secondary N) is 1. The van der Waals surface area contributed by atoms with Gasteiger partial charge in [0.15, 0.2) is 0 Å². The number of rotatable bonds is 5. The molecular formula is C12H14N2O3. The van der Waals surface area contributed by atoms with E-state index in [9.17, 15) is 10.1 Å². The van der Waals surface area contributed by atoms with Crippen LogP contribution in [0.2, 0.25) is 0 Å². The Bertz CT molecular complexity index is 461. The first-order valence-electron chi connectivity index (χ1n) is 5.13. The third kappa shape index (κ3) is 3.78. The molecule has 0 fully saturated rings. The van der Waals surface area contributed by atoms with E-state index in [1.54, 1.807) is 20.0 Å². The van der Waals surface area contributed by atoms with E-state index in [1.165, 1.54) is 12.1 Å². The van der Waals surface area contributed by atoms with Gasteiger partial charge in [0.2, 0.25) is 0 Å². The van der Waals surface area contributed by atoms with Crippen LogP contribution in [0.4, 0.5) is 5.69 Å². The number of hydrogen-bond donors (Lipinski definition) is 1. The van der Waals surface area contributed by atoms with Crippen LogP contribution >= 0.6 is 0 Å². The van der Waals surface area contributed by atoms with Crippen LogP contribution in [0.1, 0.15) is 12.5 Å². The highest BCUT2D eigenvalue weighted by molar-refractivity contribution is 5.43. The first kappa shape index (κ1) is 13.0. The molecule has 0 aliphatic rings. The summed E-state index contributed by atoms with van der Waals surface area (Å²) in [6, 6.07) is 4.53. The van der Waals surface area contributed by atoms with Gasteiger partial charge in [-0.1, -0.05) is 5.92 Å². The first-order valence-corrected chi connectivity index (χ1v) is 5.13. The zero-order valence-corrected chi connectivity index (χ0v) is 9.82. The number of nitrogens with zero attached hydrogens (tertiary/aromatic N) is 1. The van der Waals surface area contributed by atoms with Gasteiger partial charge in [-0.3, -0.25) is 10.1 Å². The average Bonchev–Trinajstić information content (AvgIpc) is 2.31. The second kappa shape index (κ2) is 6.51. The van der Waals surface area contributed by atoms with E-state index in [2.05, 4.69) is 17.2 Å². The molecule has 0 aliphatic heterocycles. The largest absolute Gasteiger partial charge is 0.481 e. The van der Waals surface area contributed by atoms with Crippen LogP contribution in [-0.2, 0) is 6.54 Å². The minimum Gasteiger partial charge on any atom is -0.481 e. The topological polar surface area (TPSA) is 64.4 Å². The number of hydrogen-bond acceptors (Lipinski definition) is 4. The summed E-state index contributed by atoms with van der Waals surface area (Å²) in [5.41, 5.74) is 0.809. The quantitative estimate of drug-likeness (QED) is 0.478. The molecule has 5 nitrogen and oxygen atoms in total. The molecular weight excluding hydrogens is 220 g/mol. The lowest BCUT2D eigenvalue weighted by Crippen LogP contribution is -2.08. The van der Waals surface area contributed by atoms with E-state index < -0.39 is 4.92 Å². The molecule has 0 radical (unpaired) electrons. The zero-order chi connectivity index (χ0) is 12.7. The molecule has 0 bridgehead atoms. The fourth-order valence-electron chi connectivity index (χ4n) is 1.33. The molecule has 1 aromatic carbocycles. The molecule has 1 N–H and O–H groups in total. The smallest absolute Gasteiger partial charge is 0.270 e. The van der Waals surface area contributed by atoms with Crippen molar-refractivity contribution in [1.29, 1.82) is 0 Å². The number of ether oxygens (including phenoxy) is 1. The van der Waals surface area contributed by atoms with Gasteiger partial charge >= 0.3 is 0 Å². The molecule has 5 heteroatoms. The summed E-state index contributed by atoms with van der Waals surface area (Å²) in [4.78, 5) is 10.2. The molecule has 90 valence electrons. The van der Waals surface area contributed by atoms with Crippen LogP contribution < -0.4 is 10.1 Å². The standard InChI is InChI=1S/C12H14N2O3/c1-3-4-7-17-12-6-5-11(14(15)16)8-10(12)9-13-2/h5-6,8,13H,7,9H2,1-2H3. The minimum atomic E-state index is -0.422. The van der Waals surface area contributed by atoms with Crippen molar-refractivity contribution >= 4 is 5.69 Å². The van der Waals surface area contributed by atoms with Gasteiger partial charge in [0.25, 0.3) is 5.69 Å².